The Morgan fingerprint density at radius 2 is 2.46 bits per heavy atom. The van der Waals surface area contributed by atoms with Crippen LogP contribution in [0.3, 0.4) is 0 Å². The molecule has 0 fully saturated rings. The lowest BCUT2D eigenvalue weighted by molar-refractivity contribution is 0.935. The summed E-state index contributed by atoms with van der Waals surface area (Å²) in [6, 6.07) is 3.58. The van der Waals surface area contributed by atoms with Gasteiger partial charge in [-0.1, -0.05) is 0 Å². The summed E-state index contributed by atoms with van der Waals surface area (Å²) in [4.78, 5) is 4.08. The molecule has 0 aromatic carbocycles. The number of fused-ring (bicyclic) bond motifs is 1. The highest BCUT2D eigenvalue weighted by Crippen LogP contribution is 2.06. The highest BCUT2D eigenvalue weighted by atomic mass is 15.2. The number of hydrogen-bond donors (Lipinski definition) is 1. The molecule has 0 aliphatic carbocycles. The number of nitrogens with zero attached hydrogens (tertiary/aromatic N) is 4. The van der Waals surface area contributed by atoms with Gasteiger partial charge in [-0.05, 0) is 6.07 Å². The minimum atomic E-state index is 0.378. The average molecular weight is 173 g/mol. The first-order valence-electron chi connectivity index (χ1n) is 3.78. The number of nitrogens with two attached hydrogens (primary N) is 1. The van der Waals surface area contributed by atoms with E-state index in [9.17, 15) is 0 Å². The van der Waals surface area contributed by atoms with Gasteiger partial charge in [0, 0.05) is 18.3 Å². The minimum Gasteiger partial charge on any atom is -0.326 e. The van der Waals surface area contributed by atoms with E-state index in [-0.39, 0.29) is 0 Å². The molecule has 5 nitrogen and oxygen atoms in total. The van der Waals surface area contributed by atoms with Crippen molar-refractivity contribution in [3.8, 4) is 6.07 Å². The second kappa shape index (κ2) is 2.84. The van der Waals surface area contributed by atoms with E-state index >= 15 is 0 Å². The Kier molecular flexibility index (Phi) is 1.69. The highest BCUT2D eigenvalue weighted by molar-refractivity contribution is 5.47. The van der Waals surface area contributed by atoms with Crippen LogP contribution in [0.2, 0.25) is 0 Å². The van der Waals surface area contributed by atoms with Crippen molar-refractivity contribution in [1.29, 1.82) is 5.26 Å². The molecule has 0 amide bonds. The van der Waals surface area contributed by atoms with E-state index < -0.39 is 0 Å². The number of nitriles is 1. The predicted molar refractivity (Wildman–Crippen MR) is 45.6 cm³/mol. The molecule has 0 unspecified atom stereocenters. The molecule has 0 saturated carbocycles. The van der Waals surface area contributed by atoms with Crippen molar-refractivity contribution in [3.05, 3.63) is 29.7 Å². The van der Waals surface area contributed by atoms with Gasteiger partial charge in [-0.3, -0.25) is 0 Å². The van der Waals surface area contributed by atoms with Gasteiger partial charge < -0.3 is 5.73 Å². The first kappa shape index (κ1) is 7.71. The third kappa shape index (κ3) is 1.13. The molecule has 13 heavy (non-hydrogen) atoms. The van der Waals surface area contributed by atoms with E-state index in [1.807, 2.05) is 6.07 Å². The van der Waals surface area contributed by atoms with Crippen LogP contribution < -0.4 is 5.73 Å². The quantitative estimate of drug-likeness (QED) is 0.661. The van der Waals surface area contributed by atoms with Crippen LogP contribution in [0, 0.1) is 11.3 Å². The predicted octanol–water partition coefficient (Wildman–Crippen LogP) is 0.0597. The van der Waals surface area contributed by atoms with E-state index in [2.05, 4.69) is 10.1 Å². The van der Waals surface area contributed by atoms with Gasteiger partial charge in [-0.15, -0.1) is 0 Å². The fourth-order valence-corrected chi connectivity index (χ4v) is 1.12. The van der Waals surface area contributed by atoms with Crippen LogP contribution in [-0.2, 0) is 6.54 Å². The Hall–Kier alpha value is -1.93. The van der Waals surface area contributed by atoms with Gasteiger partial charge in [-0.25, -0.2) is 9.50 Å². The van der Waals surface area contributed by atoms with Crippen LogP contribution >= 0.6 is 0 Å². The summed E-state index contributed by atoms with van der Waals surface area (Å²) in [6.07, 6.45) is 3.35. The molecule has 2 N–H and O–H groups in total. The second-order valence-corrected chi connectivity index (χ2v) is 2.57. The van der Waals surface area contributed by atoms with Crippen LogP contribution in [0.15, 0.2) is 18.5 Å². The fourth-order valence-electron chi connectivity index (χ4n) is 1.12. The van der Waals surface area contributed by atoms with Crippen molar-refractivity contribution < 1.29 is 0 Å². The summed E-state index contributed by atoms with van der Waals surface area (Å²) >= 11 is 0. The molecule has 2 heterocycles. The third-order valence-electron chi connectivity index (χ3n) is 1.78. The molecule has 0 aliphatic heterocycles. The Balaban J connectivity index is 2.73. The minimum absolute atomic E-state index is 0.378. The summed E-state index contributed by atoms with van der Waals surface area (Å²) in [7, 11) is 0. The molecule has 0 aliphatic rings. The maximum absolute atomic E-state index is 8.62. The van der Waals surface area contributed by atoms with Gasteiger partial charge in [-0.2, -0.15) is 10.4 Å². The zero-order chi connectivity index (χ0) is 9.26. The molecular weight excluding hydrogens is 166 g/mol. The maximum Gasteiger partial charge on any atom is 0.160 e. The summed E-state index contributed by atoms with van der Waals surface area (Å²) < 4.78 is 1.60. The van der Waals surface area contributed by atoms with E-state index in [0.717, 1.165) is 5.56 Å². The zero-order valence-corrected chi connectivity index (χ0v) is 6.81. The molecule has 2 aromatic rings. The second-order valence-electron chi connectivity index (χ2n) is 2.57. The van der Waals surface area contributed by atoms with Crippen LogP contribution in [0.4, 0.5) is 0 Å². The lowest BCUT2D eigenvalue weighted by atomic mass is 10.3. The maximum atomic E-state index is 8.62. The van der Waals surface area contributed by atoms with Crippen molar-refractivity contribution in [2.24, 2.45) is 5.73 Å². The number of rotatable bonds is 1. The van der Waals surface area contributed by atoms with Crippen molar-refractivity contribution >= 4 is 5.65 Å². The zero-order valence-electron chi connectivity index (χ0n) is 6.81. The van der Waals surface area contributed by atoms with Gasteiger partial charge in [0.2, 0.25) is 0 Å². The molecule has 2 aromatic heterocycles. The van der Waals surface area contributed by atoms with Crippen LogP contribution in [-0.4, -0.2) is 14.6 Å². The molecule has 64 valence electrons. The van der Waals surface area contributed by atoms with Gasteiger partial charge in [0.1, 0.15) is 11.8 Å². The molecule has 5 heteroatoms. The lowest BCUT2D eigenvalue weighted by Crippen LogP contribution is -1.98. The summed E-state index contributed by atoms with van der Waals surface area (Å²) in [6.45, 7) is 0.380. The number of hydrogen-bond acceptors (Lipinski definition) is 4. The Morgan fingerprint density at radius 1 is 1.62 bits per heavy atom. The molecule has 0 saturated heterocycles. The van der Waals surface area contributed by atoms with Crippen molar-refractivity contribution in [3.63, 3.8) is 0 Å². The average Bonchev–Trinajstić information content (AvgIpc) is 2.59. The van der Waals surface area contributed by atoms with Crippen LogP contribution in [0.5, 0.6) is 0 Å². The molecule has 0 spiro atoms. The van der Waals surface area contributed by atoms with Crippen LogP contribution in [0.25, 0.3) is 5.65 Å². The van der Waals surface area contributed by atoms with Gasteiger partial charge >= 0.3 is 0 Å². The standard InChI is InChI=1S/C8H7N5/c9-3-6-5-11-13-2-1-7(4-10)12-8(6)13/h1-2,5H,3,9H2. The topological polar surface area (TPSA) is 80.0 Å². The van der Waals surface area contributed by atoms with Crippen molar-refractivity contribution in [1.82, 2.24) is 14.6 Å². The van der Waals surface area contributed by atoms with Gasteiger partial charge in [0.15, 0.2) is 5.65 Å². The highest BCUT2D eigenvalue weighted by Gasteiger charge is 2.03. The smallest absolute Gasteiger partial charge is 0.160 e. The van der Waals surface area contributed by atoms with Gasteiger partial charge in [0.25, 0.3) is 0 Å². The largest absolute Gasteiger partial charge is 0.326 e. The SMILES string of the molecule is N#Cc1ccn2ncc(CN)c2n1. The Labute approximate surface area is 74.4 Å². The summed E-state index contributed by atoms with van der Waals surface area (Å²) in [5.41, 5.74) is 7.35. The molecule has 2 rings (SSSR count). The van der Waals surface area contributed by atoms with Gasteiger partial charge in [0.05, 0.1) is 6.20 Å². The summed E-state index contributed by atoms with van der Waals surface area (Å²) in [5, 5.41) is 12.7. The molecular formula is C8H7N5. The fraction of sp³-hybridized carbons (Fsp3) is 0.125. The Morgan fingerprint density at radius 3 is 3.15 bits per heavy atom. The summed E-state index contributed by atoms with van der Waals surface area (Å²) in [5.74, 6) is 0. The van der Waals surface area contributed by atoms with Crippen molar-refractivity contribution in [2.45, 2.75) is 6.54 Å². The molecule has 0 atom stereocenters. The number of aromatic nitrogens is 3. The Bertz CT molecular complexity index is 479. The van der Waals surface area contributed by atoms with E-state index in [4.69, 9.17) is 11.0 Å². The van der Waals surface area contributed by atoms with E-state index in [1.54, 1.807) is 23.0 Å². The monoisotopic (exact) mass is 173 g/mol. The first-order valence-corrected chi connectivity index (χ1v) is 3.78. The lowest BCUT2D eigenvalue weighted by Gasteiger charge is -1.94. The first-order chi connectivity index (χ1) is 6.35. The van der Waals surface area contributed by atoms with E-state index in [1.165, 1.54) is 0 Å². The van der Waals surface area contributed by atoms with Crippen LogP contribution in [0.1, 0.15) is 11.3 Å². The molecule has 0 radical (unpaired) electrons. The molecule has 0 bridgehead atoms. The van der Waals surface area contributed by atoms with E-state index in [0.29, 0.717) is 17.9 Å². The van der Waals surface area contributed by atoms with Crippen molar-refractivity contribution in [2.75, 3.05) is 0 Å². The normalized spacial score (nSPS) is 10.2. The third-order valence-corrected chi connectivity index (χ3v) is 1.78.